The molecule has 3 unspecified atom stereocenters. The lowest BCUT2D eigenvalue weighted by molar-refractivity contribution is -0.241. The van der Waals surface area contributed by atoms with Crippen LogP contribution >= 0.6 is 0 Å². The molecule has 4 saturated carbocycles. The van der Waals surface area contributed by atoms with Gasteiger partial charge < -0.3 is 30.9 Å². The normalized spacial score (nSPS) is 39.6. The summed E-state index contributed by atoms with van der Waals surface area (Å²) in [6.07, 6.45) is 8.56. The minimum atomic E-state index is -0.518. The van der Waals surface area contributed by atoms with Crippen molar-refractivity contribution in [2.45, 2.75) is 144 Å². The van der Waals surface area contributed by atoms with Gasteiger partial charge in [-0.05, 0) is 123 Å². The summed E-state index contributed by atoms with van der Waals surface area (Å²) < 4.78 is 12.0. The highest BCUT2D eigenvalue weighted by molar-refractivity contribution is 5.79. The maximum atomic E-state index is 14.2. The van der Waals surface area contributed by atoms with Crippen molar-refractivity contribution in [3.8, 4) is 0 Å². The van der Waals surface area contributed by atoms with Crippen molar-refractivity contribution in [2.24, 2.45) is 63.4 Å². The Balaban J connectivity index is 1.63. The van der Waals surface area contributed by atoms with E-state index in [0.29, 0.717) is 37.8 Å². The summed E-state index contributed by atoms with van der Waals surface area (Å²) in [6, 6.07) is 0. The van der Waals surface area contributed by atoms with Crippen LogP contribution in [0.3, 0.4) is 0 Å². The second kappa shape index (κ2) is 16.1. The number of carbonyl (C=O) groups excluding carboxylic acids is 3. The molecule has 4 fully saturated rings. The third-order valence-electron chi connectivity index (χ3n) is 14.0. The zero-order chi connectivity index (χ0) is 35.4. The Morgan fingerprint density at radius 3 is 2.19 bits per heavy atom. The van der Waals surface area contributed by atoms with Gasteiger partial charge in [-0.15, -0.1) is 0 Å². The van der Waals surface area contributed by atoms with Gasteiger partial charge in [0.25, 0.3) is 0 Å². The van der Waals surface area contributed by atoms with Gasteiger partial charge in [0.2, 0.25) is 5.91 Å². The second-order valence-corrected chi connectivity index (χ2v) is 17.3. The Kier molecular flexibility index (Phi) is 13.1. The van der Waals surface area contributed by atoms with Crippen LogP contribution in [0.25, 0.3) is 0 Å². The zero-order valence-electron chi connectivity index (χ0n) is 31.4. The predicted octanol–water partition coefficient (Wildman–Crippen LogP) is 5.61. The largest absolute Gasteiger partial charge is 0.462 e. The van der Waals surface area contributed by atoms with Crippen molar-refractivity contribution in [1.82, 2.24) is 10.6 Å². The Labute approximate surface area is 291 Å². The third-order valence-corrected chi connectivity index (χ3v) is 14.0. The fourth-order valence-corrected chi connectivity index (χ4v) is 11.8. The van der Waals surface area contributed by atoms with E-state index in [4.69, 9.17) is 15.2 Å². The molecular formula is C39H69N3O6. The highest BCUT2D eigenvalue weighted by Crippen LogP contribution is 2.75. The fourth-order valence-electron chi connectivity index (χ4n) is 11.8. The van der Waals surface area contributed by atoms with Crippen LogP contribution in [0.2, 0.25) is 0 Å². The first kappa shape index (κ1) is 39.1. The summed E-state index contributed by atoms with van der Waals surface area (Å²) in [7, 11) is 0. The number of carbonyl (C=O) groups is 3. The lowest BCUT2D eigenvalue weighted by atomic mass is 9.36. The van der Waals surface area contributed by atoms with Crippen LogP contribution in [0.5, 0.6) is 0 Å². The van der Waals surface area contributed by atoms with E-state index in [1.165, 1.54) is 13.8 Å². The molecule has 276 valence electrons. The van der Waals surface area contributed by atoms with Gasteiger partial charge in [-0.2, -0.15) is 0 Å². The van der Waals surface area contributed by atoms with Crippen LogP contribution in [0, 0.1) is 57.7 Å². The van der Waals surface area contributed by atoms with Gasteiger partial charge in [-0.25, -0.2) is 0 Å². The molecule has 0 radical (unpaired) electrons. The average Bonchev–Trinajstić information content (AvgIpc) is 3.27. The van der Waals surface area contributed by atoms with Gasteiger partial charge in [0, 0.05) is 32.2 Å². The highest BCUT2D eigenvalue weighted by Gasteiger charge is 2.72. The van der Waals surface area contributed by atoms with Crippen molar-refractivity contribution >= 4 is 17.8 Å². The molecule has 1 amide bonds. The van der Waals surface area contributed by atoms with Crippen LogP contribution in [0.4, 0.5) is 0 Å². The van der Waals surface area contributed by atoms with Crippen molar-refractivity contribution in [3.05, 3.63) is 0 Å². The van der Waals surface area contributed by atoms with E-state index in [2.05, 4.69) is 52.2 Å². The van der Waals surface area contributed by atoms with Crippen LogP contribution in [-0.4, -0.2) is 67.4 Å². The molecule has 0 aromatic carbocycles. The summed E-state index contributed by atoms with van der Waals surface area (Å²) in [5.74, 6) is 0.349. The Hall–Kier alpha value is -1.71. The SMILES string of the molecule is CC(=O)O[C@H]1C[C@@]2(C)C(C[C@@H](O)C3[C@@]4(C)CC[C@@H](OC(C)=O)[C@@H](C)C4CC[C@@]32C)[C@@H]1[C@H](CCCC(C)C)C(=O)NCCCNCCCN. The first-order chi connectivity index (χ1) is 22.6. The van der Waals surface area contributed by atoms with Gasteiger partial charge in [0.1, 0.15) is 12.2 Å². The number of fused-ring (bicyclic) bond motifs is 5. The van der Waals surface area contributed by atoms with Gasteiger partial charge in [0.15, 0.2) is 0 Å². The number of nitrogens with two attached hydrogens (primary N) is 1. The molecule has 4 rings (SSSR count). The molecule has 0 spiro atoms. The molecule has 9 heteroatoms. The molecule has 4 aliphatic carbocycles. The van der Waals surface area contributed by atoms with E-state index in [1.54, 1.807) is 0 Å². The quantitative estimate of drug-likeness (QED) is 0.130. The van der Waals surface area contributed by atoms with Crippen LogP contribution < -0.4 is 16.4 Å². The number of nitrogens with one attached hydrogen (secondary N) is 2. The molecule has 9 nitrogen and oxygen atoms in total. The Morgan fingerprint density at radius 2 is 1.54 bits per heavy atom. The van der Waals surface area contributed by atoms with E-state index in [0.717, 1.165) is 70.9 Å². The topological polar surface area (TPSA) is 140 Å². The van der Waals surface area contributed by atoms with E-state index < -0.39 is 6.10 Å². The van der Waals surface area contributed by atoms with Crippen molar-refractivity contribution in [3.63, 3.8) is 0 Å². The van der Waals surface area contributed by atoms with E-state index >= 15 is 0 Å². The highest BCUT2D eigenvalue weighted by atomic mass is 16.5. The van der Waals surface area contributed by atoms with E-state index in [-0.39, 0.29) is 75.9 Å². The standard InChI is InChI=1S/C39H69N3O6/c1-24(2)12-9-13-28(36(46)42-21-11-20-41-19-10-18-40)34-30-22-31(45)35-37(6)16-15-32(47-26(4)43)25(3)29(37)14-17-38(35,7)39(30,8)23-33(34)48-27(5)44/h24-25,28-35,41,45H,9-23,40H2,1-8H3,(H,42,46)/t25-,28-,29?,30?,31+,32+,33-,34-,35?,37-,38-,39-/m0/s1. The molecule has 0 saturated heterocycles. The number of hydrogen-bond acceptors (Lipinski definition) is 8. The maximum Gasteiger partial charge on any atom is 0.302 e. The number of esters is 2. The molecule has 12 atom stereocenters. The summed E-state index contributed by atoms with van der Waals surface area (Å²) in [4.78, 5) is 38.8. The number of ether oxygens (including phenoxy) is 2. The zero-order valence-corrected chi connectivity index (χ0v) is 31.4. The third kappa shape index (κ3) is 7.78. The van der Waals surface area contributed by atoms with E-state index in [9.17, 15) is 19.5 Å². The van der Waals surface area contributed by atoms with Crippen LogP contribution in [-0.2, 0) is 23.9 Å². The summed E-state index contributed by atoms with van der Waals surface area (Å²) in [5, 5.41) is 19.0. The lowest BCUT2D eigenvalue weighted by Crippen LogP contribution is -2.66. The predicted molar refractivity (Wildman–Crippen MR) is 189 cm³/mol. The van der Waals surface area contributed by atoms with Crippen molar-refractivity contribution < 1.29 is 29.0 Å². The molecule has 0 aliphatic heterocycles. The lowest BCUT2D eigenvalue weighted by Gasteiger charge is -2.69. The number of aliphatic hydroxyl groups is 1. The number of hydrogen-bond donors (Lipinski definition) is 4. The molecule has 0 aromatic rings. The maximum absolute atomic E-state index is 14.2. The van der Waals surface area contributed by atoms with Gasteiger partial charge in [-0.1, -0.05) is 54.4 Å². The Bertz CT molecular complexity index is 1120. The smallest absolute Gasteiger partial charge is 0.302 e. The van der Waals surface area contributed by atoms with Crippen molar-refractivity contribution in [2.75, 3.05) is 26.2 Å². The van der Waals surface area contributed by atoms with Crippen molar-refractivity contribution in [1.29, 1.82) is 0 Å². The number of aliphatic hydroxyl groups excluding tert-OH is 1. The van der Waals surface area contributed by atoms with Crippen LogP contribution in [0.1, 0.15) is 126 Å². The summed E-state index contributed by atoms with van der Waals surface area (Å²) >= 11 is 0. The van der Waals surface area contributed by atoms with Gasteiger partial charge >= 0.3 is 11.9 Å². The van der Waals surface area contributed by atoms with Crippen LogP contribution in [0.15, 0.2) is 0 Å². The average molecular weight is 676 g/mol. The second-order valence-electron chi connectivity index (χ2n) is 17.3. The number of rotatable bonds is 15. The molecule has 0 aromatic heterocycles. The summed E-state index contributed by atoms with van der Waals surface area (Å²) in [5.41, 5.74) is 5.10. The minimum absolute atomic E-state index is 0.0563. The van der Waals surface area contributed by atoms with E-state index in [1.807, 2.05) is 0 Å². The monoisotopic (exact) mass is 676 g/mol. The molecule has 0 bridgehead atoms. The Morgan fingerprint density at radius 1 is 0.875 bits per heavy atom. The number of amides is 1. The first-order valence-electron chi connectivity index (χ1n) is 19.3. The van der Waals surface area contributed by atoms with Gasteiger partial charge in [-0.3, -0.25) is 14.4 Å². The molecule has 5 N–H and O–H groups in total. The molecular weight excluding hydrogens is 606 g/mol. The molecule has 0 heterocycles. The minimum Gasteiger partial charge on any atom is -0.462 e. The van der Waals surface area contributed by atoms with Gasteiger partial charge in [0.05, 0.1) is 6.10 Å². The molecule has 48 heavy (non-hydrogen) atoms. The fraction of sp³-hybridized carbons (Fsp3) is 0.923. The summed E-state index contributed by atoms with van der Waals surface area (Å²) in [6.45, 7) is 19.8. The first-order valence-corrected chi connectivity index (χ1v) is 19.3. The molecule has 4 aliphatic rings.